The number of hydrogen-bond donors (Lipinski definition) is 2. The number of benzene rings is 2. The molecule has 0 aromatic heterocycles. The smallest absolute Gasteiger partial charge is 0.279 e. The molecule has 0 saturated heterocycles. The Balaban J connectivity index is 1.96. The van der Waals surface area contributed by atoms with Gasteiger partial charge in [-0.15, -0.1) is 0 Å². The fraction of sp³-hybridized carbons (Fsp3) is 0.222. The molecular formula is C18H18BrFN2O3. The Hall–Kier alpha value is -2.41. The molecule has 0 bridgehead atoms. The van der Waals surface area contributed by atoms with Crippen LogP contribution in [0, 0.1) is 19.7 Å². The molecule has 0 aliphatic rings. The second-order valence-electron chi connectivity index (χ2n) is 5.53. The largest absolute Gasteiger partial charge is 0.481 e. The Morgan fingerprint density at radius 3 is 2.60 bits per heavy atom. The van der Waals surface area contributed by atoms with Crippen LogP contribution in [0.1, 0.15) is 28.4 Å². The highest BCUT2D eigenvalue weighted by molar-refractivity contribution is 9.10. The quantitative estimate of drug-likeness (QED) is 0.761. The van der Waals surface area contributed by atoms with Crippen molar-refractivity contribution in [3.05, 3.63) is 63.4 Å². The van der Waals surface area contributed by atoms with Gasteiger partial charge in [-0.05, 0) is 72.1 Å². The van der Waals surface area contributed by atoms with E-state index in [1.54, 1.807) is 13.0 Å². The molecular weight excluding hydrogens is 391 g/mol. The van der Waals surface area contributed by atoms with Crippen LogP contribution in [-0.2, 0) is 4.79 Å². The minimum atomic E-state index is -0.822. The maximum Gasteiger partial charge on any atom is 0.279 e. The summed E-state index contributed by atoms with van der Waals surface area (Å²) < 4.78 is 19.3. The molecule has 2 aromatic carbocycles. The number of hydrogen-bond acceptors (Lipinski definition) is 3. The van der Waals surface area contributed by atoms with Gasteiger partial charge >= 0.3 is 0 Å². The summed E-state index contributed by atoms with van der Waals surface area (Å²) in [7, 11) is 0. The number of rotatable bonds is 4. The summed E-state index contributed by atoms with van der Waals surface area (Å²) in [4.78, 5) is 24.1. The molecule has 2 N–H and O–H groups in total. The van der Waals surface area contributed by atoms with Gasteiger partial charge in [0.15, 0.2) is 6.10 Å². The number of halogens is 2. The predicted octanol–water partition coefficient (Wildman–Crippen LogP) is 3.43. The van der Waals surface area contributed by atoms with E-state index in [4.69, 9.17) is 4.74 Å². The van der Waals surface area contributed by atoms with Gasteiger partial charge in [0, 0.05) is 4.47 Å². The third-order valence-electron chi connectivity index (χ3n) is 3.70. The zero-order valence-electron chi connectivity index (χ0n) is 14.0. The molecule has 5 nitrogen and oxygen atoms in total. The molecule has 0 aliphatic heterocycles. The van der Waals surface area contributed by atoms with Gasteiger partial charge in [0.05, 0.1) is 5.56 Å². The maximum atomic E-state index is 13.2. The lowest BCUT2D eigenvalue weighted by atomic mass is 10.1. The Morgan fingerprint density at radius 2 is 1.88 bits per heavy atom. The van der Waals surface area contributed by atoms with Gasteiger partial charge in [-0.1, -0.05) is 12.1 Å². The lowest BCUT2D eigenvalue weighted by molar-refractivity contribution is -0.128. The zero-order chi connectivity index (χ0) is 18.6. The van der Waals surface area contributed by atoms with Crippen molar-refractivity contribution >= 4 is 27.7 Å². The normalized spacial score (nSPS) is 11.6. The molecule has 0 heterocycles. The highest BCUT2D eigenvalue weighted by atomic mass is 79.9. The third-order valence-corrected chi connectivity index (χ3v) is 4.39. The fourth-order valence-corrected chi connectivity index (χ4v) is 2.48. The average molecular weight is 409 g/mol. The summed E-state index contributed by atoms with van der Waals surface area (Å²) in [6.07, 6.45) is -0.822. The second kappa shape index (κ2) is 8.11. The summed E-state index contributed by atoms with van der Waals surface area (Å²) in [5.41, 5.74) is 6.58. The van der Waals surface area contributed by atoms with E-state index in [0.29, 0.717) is 10.2 Å². The first-order valence-electron chi connectivity index (χ1n) is 7.57. The molecule has 2 rings (SSSR count). The molecule has 7 heteroatoms. The van der Waals surface area contributed by atoms with Crippen LogP contribution in [0.3, 0.4) is 0 Å². The lowest BCUT2D eigenvalue weighted by Crippen LogP contribution is -2.47. The molecule has 2 amide bonds. The first-order chi connectivity index (χ1) is 11.8. The SMILES string of the molecule is Cc1cccc(O[C@H](C)C(=O)NNC(=O)c2cc(F)ccc2Br)c1C. The van der Waals surface area contributed by atoms with Crippen molar-refractivity contribution in [2.45, 2.75) is 26.9 Å². The van der Waals surface area contributed by atoms with Crippen LogP contribution in [0.25, 0.3) is 0 Å². The van der Waals surface area contributed by atoms with E-state index in [2.05, 4.69) is 26.8 Å². The molecule has 0 radical (unpaired) electrons. The topological polar surface area (TPSA) is 67.4 Å². The van der Waals surface area contributed by atoms with E-state index < -0.39 is 23.7 Å². The van der Waals surface area contributed by atoms with E-state index in [1.807, 2.05) is 26.0 Å². The van der Waals surface area contributed by atoms with Gasteiger partial charge in [-0.25, -0.2) is 4.39 Å². The van der Waals surface area contributed by atoms with Crippen molar-refractivity contribution in [3.8, 4) is 5.75 Å². The maximum absolute atomic E-state index is 13.2. The number of hydrazine groups is 1. The number of carbonyl (C=O) groups is 2. The molecule has 0 saturated carbocycles. The van der Waals surface area contributed by atoms with Crippen LogP contribution in [0.4, 0.5) is 4.39 Å². The number of amides is 2. The van der Waals surface area contributed by atoms with Crippen molar-refractivity contribution in [2.24, 2.45) is 0 Å². The summed E-state index contributed by atoms with van der Waals surface area (Å²) in [5, 5.41) is 0. The van der Waals surface area contributed by atoms with E-state index in [9.17, 15) is 14.0 Å². The summed E-state index contributed by atoms with van der Waals surface area (Å²) >= 11 is 3.16. The standard InChI is InChI=1S/C18H18BrFN2O3/c1-10-5-4-6-16(11(10)2)25-12(3)17(23)21-22-18(24)14-9-13(20)7-8-15(14)19/h4-9,12H,1-3H3,(H,21,23)(H,22,24)/t12-/m1/s1. The predicted molar refractivity (Wildman–Crippen MR) is 95.7 cm³/mol. The Labute approximate surface area is 153 Å². The Morgan fingerprint density at radius 1 is 1.16 bits per heavy atom. The molecule has 0 spiro atoms. The van der Waals surface area contributed by atoms with Gasteiger partial charge < -0.3 is 4.74 Å². The summed E-state index contributed by atoms with van der Waals surface area (Å²) in [6.45, 7) is 5.42. The zero-order valence-corrected chi connectivity index (χ0v) is 15.6. The van der Waals surface area contributed by atoms with Crippen molar-refractivity contribution < 1.29 is 18.7 Å². The van der Waals surface area contributed by atoms with Crippen LogP contribution >= 0.6 is 15.9 Å². The Kier molecular flexibility index (Phi) is 6.14. The first kappa shape index (κ1) is 18.9. The minimum Gasteiger partial charge on any atom is -0.481 e. The van der Waals surface area contributed by atoms with Crippen molar-refractivity contribution in [1.82, 2.24) is 10.9 Å². The molecule has 25 heavy (non-hydrogen) atoms. The highest BCUT2D eigenvalue weighted by Crippen LogP contribution is 2.21. The van der Waals surface area contributed by atoms with Gasteiger partial charge in [0.25, 0.3) is 11.8 Å². The van der Waals surface area contributed by atoms with Crippen LogP contribution in [0.15, 0.2) is 40.9 Å². The fourth-order valence-electron chi connectivity index (χ4n) is 2.05. The minimum absolute atomic E-state index is 0.0726. The number of aryl methyl sites for hydroxylation is 1. The van der Waals surface area contributed by atoms with Gasteiger partial charge in [-0.2, -0.15) is 0 Å². The van der Waals surface area contributed by atoms with Crippen molar-refractivity contribution in [2.75, 3.05) is 0 Å². The molecule has 0 fully saturated rings. The molecule has 0 aliphatic carbocycles. The van der Waals surface area contributed by atoms with Crippen LogP contribution in [0.5, 0.6) is 5.75 Å². The monoisotopic (exact) mass is 408 g/mol. The summed E-state index contributed by atoms with van der Waals surface area (Å²) in [5.74, 6) is -1.12. The molecule has 0 unspecified atom stereocenters. The summed E-state index contributed by atoms with van der Waals surface area (Å²) in [6, 6.07) is 9.27. The van der Waals surface area contributed by atoms with Crippen molar-refractivity contribution in [3.63, 3.8) is 0 Å². The average Bonchev–Trinajstić information content (AvgIpc) is 2.58. The highest BCUT2D eigenvalue weighted by Gasteiger charge is 2.18. The van der Waals surface area contributed by atoms with Crippen LogP contribution < -0.4 is 15.6 Å². The van der Waals surface area contributed by atoms with Crippen LogP contribution in [0.2, 0.25) is 0 Å². The molecule has 1 atom stereocenters. The Bertz CT molecular complexity index is 811. The van der Waals surface area contributed by atoms with Gasteiger partial charge in [0.1, 0.15) is 11.6 Å². The van der Waals surface area contributed by atoms with Crippen LogP contribution in [-0.4, -0.2) is 17.9 Å². The lowest BCUT2D eigenvalue weighted by Gasteiger charge is -2.17. The van der Waals surface area contributed by atoms with Gasteiger partial charge in [0.2, 0.25) is 0 Å². The molecule has 132 valence electrons. The van der Waals surface area contributed by atoms with E-state index >= 15 is 0 Å². The van der Waals surface area contributed by atoms with E-state index in [1.165, 1.54) is 12.1 Å². The number of nitrogens with one attached hydrogen (secondary N) is 2. The number of carbonyl (C=O) groups excluding carboxylic acids is 2. The van der Waals surface area contributed by atoms with Crippen molar-refractivity contribution in [1.29, 1.82) is 0 Å². The first-order valence-corrected chi connectivity index (χ1v) is 8.37. The third kappa shape index (κ3) is 4.79. The van der Waals surface area contributed by atoms with E-state index in [-0.39, 0.29) is 5.56 Å². The van der Waals surface area contributed by atoms with Gasteiger partial charge in [-0.3, -0.25) is 20.4 Å². The molecule has 2 aromatic rings. The van der Waals surface area contributed by atoms with E-state index in [0.717, 1.165) is 17.2 Å². The number of ether oxygens (including phenoxy) is 1. The second-order valence-corrected chi connectivity index (χ2v) is 6.38.